The Morgan fingerprint density at radius 2 is 1.62 bits per heavy atom. The lowest BCUT2D eigenvalue weighted by Gasteiger charge is -2.05. The van der Waals surface area contributed by atoms with Crippen molar-refractivity contribution in [1.29, 1.82) is 0 Å². The molecule has 0 saturated carbocycles. The van der Waals surface area contributed by atoms with E-state index < -0.39 is 24.4 Å². The number of imide groups is 1. The molecular weight excluding hydrogens is 272 g/mol. The first kappa shape index (κ1) is 14.4. The van der Waals surface area contributed by atoms with Crippen molar-refractivity contribution in [2.75, 3.05) is 6.61 Å². The second-order valence-electron chi connectivity index (χ2n) is 4.06. The second-order valence-corrected chi connectivity index (χ2v) is 4.06. The SMILES string of the molecule is O=C(COC(=O)c1ccncc1)NC(=O)c1ccccc1. The number of aromatic nitrogens is 1. The Balaban J connectivity index is 1.83. The Morgan fingerprint density at radius 3 is 2.29 bits per heavy atom. The number of pyridine rings is 1. The number of hydrogen-bond donors (Lipinski definition) is 1. The van der Waals surface area contributed by atoms with Gasteiger partial charge < -0.3 is 4.74 Å². The monoisotopic (exact) mass is 284 g/mol. The molecule has 6 heteroatoms. The van der Waals surface area contributed by atoms with Crippen LogP contribution in [0.2, 0.25) is 0 Å². The summed E-state index contributed by atoms with van der Waals surface area (Å²) in [5.41, 5.74) is 0.637. The summed E-state index contributed by atoms with van der Waals surface area (Å²) < 4.78 is 4.80. The smallest absolute Gasteiger partial charge is 0.338 e. The maximum atomic E-state index is 11.7. The zero-order valence-corrected chi connectivity index (χ0v) is 11.0. The van der Waals surface area contributed by atoms with Gasteiger partial charge in [-0.25, -0.2) is 4.79 Å². The Morgan fingerprint density at radius 1 is 0.952 bits per heavy atom. The summed E-state index contributed by atoms with van der Waals surface area (Å²) in [6.07, 6.45) is 2.88. The molecule has 0 unspecified atom stereocenters. The summed E-state index contributed by atoms with van der Waals surface area (Å²) in [7, 11) is 0. The van der Waals surface area contributed by atoms with Crippen molar-refractivity contribution in [3.8, 4) is 0 Å². The molecule has 1 aromatic heterocycles. The molecule has 0 aliphatic rings. The third-order valence-corrected chi connectivity index (χ3v) is 2.54. The number of amides is 2. The molecule has 0 spiro atoms. The first-order chi connectivity index (χ1) is 10.2. The molecule has 0 fully saturated rings. The van der Waals surface area contributed by atoms with Gasteiger partial charge in [-0.1, -0.05) is 18.2 Å². The third kappa shape index (κ3) is 4.24. The second kappa shape index (κ2) is 6.95. The molecule has 2 rings (SSSR count). The van der Waals surface area contributed by atoms with Gasteiger partial charge in [0.15, 0.2) is 6.61 Å². The topological polar surface area (TPSA) is 85.4 Å². The van der Waals surface area contributed by atoms with Crippen LogP contribution >= 0.6 is 0 Å². The summed E-state index contributed by atoms with van der Waals surface area (Å²) >= 11 is 0. The van der Waals surface area contributed by atoms with E-state index in [2.05, 4.69) is 10.3 Å². The third-order valence-electron chi connectivity index (χ3n) is 2.54. The van der Waals surface area contributed by atoms with Crippen LogP contribution in [0.25, 0.3) is 0 Å². The van der Waals surface area contributed by atoms with Gasteiger partial charge in [0.2, 0.25) is 0 Å². The predicted octanol–water partition coefficient (Wildman–Crippen LogP) is 1.19. The number of nitrogens with zero attached hydrogens (tertiary/aromatic N) is 1. The molecule has 1 heterocycles. The minimum atomic E-state index is -0.689. The number of ether oxygens (including phenoxy) is 1. The number of esters is 1. The Labute approximate surface area is 120 Å². The van der Waals surface area contributed by atoms with Crippen LogP contribution in [0, 0.1) is 0 Å². The molecule has 0 radical (unpaired) electrons. The van der Waals surface area contributed by atoms with Crippen LogP contribution in [-0.2, 0) is 9.53 Å². The van der Waals surface area contributed by atoms with E-state index in [0.717, 1.165) is 0 Å². The van der Waals surface area contributed by atoms with E-state index in [4.69, 9.17) is 4.74 Å². The molecular formula is C15H12N2O4. The van der Waals surface area contributed by atoms with Crippen LogP contribution in [0.1, 0.15) is 20.7 Å². The fourth-order valence-corrected chi connectivity index (χ4v) is 1.53. The Bertz CT molecular complexity index is 641. The molecule has 6 nitrogen and oxygen atoms in total. The maximum Gasteiger partial charge on any atom is 0.338 e. The number of nitrogens with one attached hydrogen (secondary N) is 1. The van der Waals surface area contributed by atoms with Gasteiger partial charge in [0.25, 0.3) is 11.8 Å². The number of carbonyl (C=O) groups excluding carboxylic acids is 3. The van der Waals surface area contributed by atoms with Gasteiger partial charge in [-0.3, -0.25) is 19.9 Å². The highest BCUT2D eigenvalue weighted by Crippen LogP contribution is 2.00. The van der Waals surface area contributed by atoms with Gasteiger partial charge in [-0.2, -0.15) is 0 Å². The van der Waals surface area contributed by atoms with Crippen LogP contribution in [-0.4, -0.2) is 29.4 Å². The highest BCUT2D eigenvalue weighted by molar-refractivity contribution is 6.05. The lowest BCUT2D eigenvalue weighted by Crippen LogP contribution is -2.34. The molecule has 1 N–H and O–H groups in total. The zero-order valence-electron chi connectivity index (χ0n) is 11.0. The van der Waals surface area contributed by atoms with Crippen molar-refractivity contribution in [3.63, 3.8) is 0 Å². The van der Waals surface area contributed by atoms with E-state index in [0.29, 0.717) is 5.56 Å². The molecule has 21 heavy (non-hydrogen) atoms. The van der Waals surface area contributed by atoms with Gasteiger partial charge in [-0.15, -0.1) is 0 Å². The number of hydrogen-bond acceptors (Lipinski definition) is 5. The van der Waals surface area contributed by atoms with E-state index in [1.807, 2.05) is 0 Å². The van der Waals surface area contributed by atoms with Gasteiger partial charge in [0.1, 0.15) is 0 Å². The molecule has 0 bridgehead atoms. The number of rotatable bonds is 4. The first-order valence-electron chi connectivity index (χ1n) is 6.13. The highest BCUT2D eigenvalue weighted by Gasteiger charge is 2.13. The summed E-state index contributed by atoms with van der Waals surface area (Å²) in [5.74, 6) is -1.88. The quantitative estimate of drug-likeness (QED) is 0.852. The van der Waals surface area contributed by atoms with E-state index in [9.17, 15) is 14.4 Å². The predicted molar refractivity (Wildman–Crippen MR) is 73.4 cm³/mol. The lowest BCUT2D eigenvalue weighted by atomic mass is 10.2. The van der Waals surface area contributed by atoms with Crippen LogP contribution < -0.4 is 5.32 Å². The highest BCUT2D eigenvalue weighted by atomic mass is 16.5. The van der Waals surface area contributed by atoms with E-state index in [1.165, 1.54) is 24.5 Å². The zero-order chi connectivity index (χ0) is 15.1. The Hall–Kier alpha value is -3.02. The summed E-state index contributed by atoms with van der Waals surface area (Å²) in [6, 6.07) is 11.2. The molecule has 0 aliphatic heterocycles. The molecule has 2 aromatic rings. The van der Waals surface area contributed by atoms with Crippen molar-refractivity contribution >= 4 is 17.8 Å². The van der Waals surface area contributed by atoms with Gasteiger partial charge in [-0.05, 0) is 24.3 Å². The Kier molecular flexibility index (Phi) is 4.76. The van der Waals surface area contributed by atoms with Crippen LogP contribution in [0.5, 0.6) is 0 Å². The molecule has 0 aliphatic carbocycles. The van der Waals surface area contributed by atoms with Crippen LogP contribution in [0.3, 0.4) is 0 Å². The first-order valence-corrected chi connectivity index (χ1v) is 6.13. The van der Waals surface area contributed by atoms with Crippen LogP contribution in [0.15, 0.2) is 54.9 Å². The summed E-state index contributed by atoms with van der Waals surface area (Å²) in [4.78, 5) is 38.6. The van der Waals surface area contributed by atoms with E-state index >= 15 is 0 Å². The molecule has 1 aromatic carbocycles. The summed E-state index contributed by atoms with van der Waals surface area (Å²) in [5, 5.41) is 2.14. The van der Waals surface area contributed by atoms with Gasteiger partial charge in [0, 0.05) is 18.0 Å². The summed E-state index contributed by atoms with van der Waals surface area (Å²) in [6.45, 7) is -0.528. The molecule has 0 saturated heterocycles. The molecule has 0 atom stereocenters. The normalized spacial score (nSPS) is 9.71. The van der Waals surface area contributed by atoms with Crippen molar-refractivity contribution in [3.05, 3.63) is 66.0 Å². The van der Waals surface area contributed by atoms with Crippen molar-refractivity contribution in [1.82, 2.24) is 10.3 Å². The largest absolute Gasteiger partial charge is 0.452 e. The van der Waals surface area contributed by atoms with Crippen LogP contribution in [0.4, 0.5) is 0 Å². The lowest BCUT2D eigenvalue weighted by molar-refractivity contribution is -0.123. The maximum absolute atomic E-state index is 11.7. The molecule has 2 amide bonds. The minimum Gasteiger partial charge on any atom is -0.452 e. The van der Waals surface area contributed by atoms with E-state index in [1.54, 1.807) is 30.3 Å². The fourth-order valence-electron chi connectivity index (χ4n) is 1.53. The molecule has 106 valence electrons. The van der Waals surface area contributed by atoms with Crippen molar-refractivity contribution in [2.24, 2.45) is 0 Å². The van der Waals surface area contributed by atoms with Gasteiger partial charge >= 0.3 is 5.97 Å². The average Bonchev–Trinajstić information content (AvgIpc) is 2.54. The number of carbonyl (C=O) groups is 3. The number of benzene rings is 1. The minimum absolute atomic E-state index is 0.284. The fraction of sp³-hybridized carbons (Fsp3) is 0.0667. The van der Waals surface area contributed by atoms with Gasteiger partial charge in [0.05, 0.1) is 5.56 Å². The van der Waals surface area contributed by atoms with Crippen molar-refractivity contribution in [2.45, 2.75) is 0 Å². The average molecular weight is 284 g/mol. The van der Waals surface area contributed by atoms with Crippen molar-refractivity contribution < 1.29 is 19.1 Å². The standard InChI is InChI=1S/C15H12N2O4/c18-13(17-14(19)11-4-2-1-3-5-11)10-21-15(20)12-6-8-16-9-7-12/h1-9H,10H2,(H,17,18,19). The van der Waals surface area contributed by atoms with E-state index in [-0.39, 0.29) is 5.56 Å².